The molecule has 0 saturated heterocycles. The zero-order valence-corrected chi connectivity index (χ0v) is 12.8. The van der Waals surface area contributed by atoms with Crippen molar-refractivity contribution in [3.63, 3.8) is 0 Å². The molecule has 1 atom stereocenters. The molecule has 1 aromatic rings. The molecule has 2 N–H and O–H groups in total. The summed E-state index contributed by atoms with van der Waals surface area (Å²) in [6.07, 6.45) is 1.85. The minimum absolute atomic E-state index is 0.105. The standard InChI is InChI=1S/C16H27FN2O/c1-4-10-18-16(3,13-20)9-11-19(5-2)15-8-6-7-14(17)12-15/h6-8,12,18,20H,4-5,9-11,13H2,1-3H3. The molecular weight excluding hydrogens is 255 g/mol. The third-order valence-electron chi connectivity index (χ3n) is 3.64. The molecule has 4 heteroatoms. The van der Waals surface area contributed by atoms with Crippen molar-refractivity contribution in [2.75, 3.05) is 31.1 Å². The lowest BCUT2D eigenvalue weighted by Crippen LogP contribution is -2.48. The highest BCUT2D eigenvalue weighted by Crippen LogP contribution is 2.18. The molecule has 0 radical (unpaired) electrons. The van der Waals surface area contributed by atoms with E-state index < -0.39 is 0 Å². The van der Waals surface area contributed by atoms with Gasteiger partial charge in [-0.3, -0.25) is 0 Å². The first kappa shape index (κ1) is 16.9. The quantitative estimate of drug-likeness (QED) is 0.731. The molecule has 0 aliphatic rings. The molecule has 0 amide bonds. The second kappa shape index (κ2) is 8.22. The summed E-state index contributed by atoms with van der Waals surface area (Å²) in [6.45, 7) is 8.79. The van der Waals surface area contributed by atoms with E-state index >= 15 is 0 Å². The largest absolute Gasteiger partial charge is 0.394 e. The second-order valence-corrected chi connectivity index (χ2v) is 5.46. The maximum atomic E-state index is 13.3. The Kier molecular flexibility index (Phi) is 6.96. The molecule has 0 aromatic heterocycles. The van der Waals surface area contributed by atoms with Crippen molar-refractivity contribution in [2.24, 2.45) is 0 Å². The molecule has 1 aromatic carbocycles. The van der Waals surface area contributed by atoms with Crippen LogP contribution in [-0.2, 0) is 0 Å². The van der Waals surface area contributed by atoms with Gasteiger partial charge in [0.2, 0.25) is 0 Å². The van der Waals surface area contributed by atoms with Gasteiger partial charge in [-0.05, 0) is 51.4 Å². The monoisotopic (exact) mass is 282 g/mol. The highest BCUT2D eigenvalue weighted by Gasteiger charge is 2.23. The number of nitrogens with one attached hydrogen (secondary N) is 1. The number of hydrogen-bond acceptors (Lipinski definition) is 3. The van der Waals surface area contributed by atoms with Crippen molar-refractivity contribution in [2.45, 2.75) is 39.2 Å². The van der Waals surface area contributed by atoms with Gasteiger partial charge in [-0.1, -0.05) is 13.0 Å². The fourth-order valence-electron chi connectivity index (χ4n) is 2.17. The molecule has 114 valence electrons. The van der Waals surface area contributed by atoms with Crippen molar-refractivity contribution in [3.8, 4) is 0 Å². The van der Waals surface area contributed by atoms with Crippen molar-refractivity contribution < 1.29 is 9.50 Å². The fraction of sp³-hybridized carbons (Fsp3) is 0.625. The zero-order valence-electron chi connectivity index (χ0n) is 12.8. The maximum absolute atomic E-state index is 13.3. The van der Waals surface area contributed by atoms with Crippen LogP contribution in [0.25, 0.3) is 0 Å². The number of nitrogens with zero attached hydrogens (tertiary/aromatic N) is 1. The van der Waals surface area contributed by atoms with E-state index in [1.54, 1.807) is 12.1 Å². The van der Waals surface area contributed by atoms with Gasteiger partial charge in [0.25, 0.3) is 0 Å². The van der Waals surface area contributed by atoms with E-state index in [1.807, 2.05) is 13.0 Å². The minimum atomic E-state index is -0.281. The van der Waals surface area contributed by atoms with Crippen molar-refractivity contribution in [1.29, 1.82) is 0 Å². The first-order valence-corrected chi connectivity index (χ1v) is 7.41. The van der Waals surface area contributed by atoms with Gasteiger partial charge in [-0.25, -0.2) is 4.39 Å². The molecule has 3 nitrogen and oxygen atoms in total. The van der Waals surface area contributed by atoms with Crippen LogP contribution in [0.4, 0.5) is 10.1 Å². The molecule has 1 unspecified atom stereocenters. The van der Waals surface area contributed by atoms with Crippen LogP contribution in [0, 0.1) is 5.82 Å². The highest BCUT2D eigenvalue weighted by molar-refractivity contribution is 5.46. The smallest absolute Gasteiger partial charge is 0.125 e. The normalized spacial score (nSPS) is 14.1. The number of benzene rings is 1. The molecule has 20 heavy (non-hydrogen) atoms. The van der Waals surface area contributed by atoms with Crippen LogP contribution in [-0.4, -0.2) is 36.9 Å². The lowest BCUT2D eigenvalue weighted by atomic mass is 9.98. The SMILES string of the molecule is CCCNC(C)(CO)CCN(CC)c1cccc(F)c1. The Hall–Kier alpha value is -1.13. The van der Waals surface area contributed by atoms with Crippen LogP contribution < -0.4 is 10.2 Å². The topological polar surface area (TPSA) is 35.5 Å². The van der Waals surface area contributed by atoms with E-state index in [0.717, 1.165) is 38.2 Å². The Balaban J connectivity index is 2.64. The van der Waals surface area contributed by atoms with Gasteiger partial charge in [0.1, 0.15) is 5.82 Å². The molecular formula is C16H27FN2O. The number of rotatable bonds is 9. The molecule has 0 bridgehead atoms. The Bertz CT molecular complexity index is 400. The van der Waals surface area contributed by atoms with E-state index in [0.29, 0.717) is 0 Å². The van der Waals surface area contributed by atoms with Crippen molar-refractivity contribution in [1.82, 2.24) is 5.32 Å². The number of halogens is 1. The third-order valence-corrected chi connectivity index (χ3v) is 3.64. The predicted molar refractivity (Wildman–Crippen MR) is 82.7 cm³/mol. The summed E-state index contributed by atoms with van der Waals surface area (Å²) < 4.78 is 13.3. The first-order chi connectivity index (χ1) is 9.54. The maximum Gasteiger partial charge on any atom is 0.125 e. The minimum Gasteiger partial charge on any atom is -0.394 e. The van der Waals surface area contributed by atoms with E-state index in [-0.39, 0.29) is 18.0 Å². The summed E-state index contributed by atoms with van der Waals surface area (Å²) >= 11 is 0. The summed E-state index contributed by atoms with van der Waals surface area (Å²) in [4.78, 5) is 2.13. The predicted octanol–water partition coefficient (Wildman–Crippen LogP) is 2.79. The van der Waals surface area contributed by atoms with E-state index in [4.69, 9.17) is 0 Å². The Morgan fingerprint density at radius 3 is 2.65 bits per heavy atom. The van der Waals surface area contributed by atoms with Gasteiger partial charge in [-0.2, -0.15) is 0 Å². The van der Waals surface area contributed by atoms with Gasteiger partial charge in [0, 0.05) is 24.3 Å². The molecule has 0 heterocycles. The summed E-state index contributed by atoms with van der Waals surface area (Å²) in [7, 11) is 0. The molecule has 0 spiro atoms. The van der Waals surface area contributed by atoms with Crippen LogP contribution in [0.2, 0.25) is 0 Å². The van der Waals surface area contributed by atoms with Gasteiger partial charge in [0.15, 0.2) is 0 Å². The van der Waals surface area contributed by atoms with Crippen LogP contribution >= 0.6 is 0 Å². The summed E-state index contributed by atoms with van der Waals surface area (Å²) in [5.41, 5.74) is 0.611. The van der Waals surface area contributed by atoms with E-state index in [9.17, 15) is 9.50 Å². The second-order valence-electron chi connectivity index (χ2n) is 5.46. The summed E-state index contributed by atoms with van der Waals surface area (Å²) in [6, 6.07) is 6.66. The number of aliphatic hydroxyl groups excluding tert-OH is 1. The lowest BCUT2D eigenvalue weighted by molar-refractivity contribution is 0.167. The van der Waals surface area contributed by atoms with Crippen LogP contribution in [0.1, 0.15) is 33.6 Å². The first-order valence-electron chi connectivity index (χ1n) is 7.41. The Morgan fingerprint density at radius 2 is 2.10 bits per heavy atom. The Labute approximate surface area is 121 Å². The van der Waals surface area contributed by atoms with Crippen molar-refractivity contribution in [3.05, 3.63) is 30.1 Å². The van der Waals surface area contributed by atoms with E-state index in [2.05, 4.69) is 24.1 Å². The molecule has 0 aliphatic carbocycles. The van der Waals surface area contributed by atoms with Crippen LogP contribution in [0.3, 0.4) is 0 Å². The fourth-order valence-corrected chi connectivity index (χ4v) is 2.17. The molecule has 0 saturated carbocycles. The summed E-state index contributed by atoms with van der Waals surface area (Å²) in [5.74, 6) is -0.213. The van der Waals surface area contributed by atoms with Crippen LogP contribution in [0.5, 0.6) is 0 Å². The van der Waals surface area contributed by atoms with Gasteiger partial charge in [-0.15, -0.1) is 0 Å². The van der Waals surface area contributed by atoms with Gasteiger partial charge >= 0.3 is 0 Å². The van der Waals surface area contributed by atoms with Gasteiger partial charge in [0.05, 0.1) is 6.61 Å². The number of hydrogen-bond donors (Lipinski definition) is 2. The average Bonchev–Trinajstić information content (AvgIpc) is 2.46. The number of anilines is 1. The Morgan fingerprint density at radius 1 is 1.35 bits per heavy atom. The third kappa shape index (κ3) is 5.10. The van der Waals surface area contributed by atoms with Gasteiger partial charge < -0.3 is 15.3 Å². The molecule has 0 aliphatic heterocycles. The summed E-state index contributed by atoms with van der Waals surface area (Å²) in [5, 5.41) is 13.0. The van der Waals surface area contributed by atoms with Crippen LogP contribution in [0.15, 0.2) is 24.3 Å². The highest BCUT2D eigenvalue weighted by atomic mass is 19.1. The van der Waals surface area contributed by atoms with Crippen molar-refractivity contribution >= 4 is 5.69 Å². The lowest BCUT2D eigenvalue weighted by Gasteiger charge is -2.32. The van der Waals surface area contributed by atoms with E-state index in [1.165, 1.54) is 6.07 Å². The average molecular weight is 282 g/mol. The molecule has 1 rings (SSSR count). The zero-order chi connectivity index (χ0) is 15.0. The number of aliphatic hydroxyl groups is 1. The molecule has 0 fully saturated rings.